The molecule has 0 aliphatic carbocycles. The van der Waals surface area contributed by atoms with Crippen LogP contribution in [0, 0.1) is 0 Å². The molecule has 77 heavy (non-hydrogen) atoms. The third kappa shape index (κ3) is 18.3. The molecule has 0 bridgehead atoms. The van der Waals surface area contributed by atoms with Gasteiger partial charge in [-0.2, -0.15) is 63.6 Å². The standard InChI is InChI=1S/C44H52N12O16S4.Na.H/c1-25(57)21-55(22-26(2)58)43-51-39(45-31-7-5-9-35(17-31)73(61,62)63)49-41(53-43)47-33-15-13-29(37(19-33)75(67,68)69)11-12-30-14-16-34(20-38(30)76(70,71)72)48-42-50-40(46-32-8-6-10-36(18-32)74(64,65)66)52-44(54-42)56(23-27(3)59)24-28(4)60;;/h5-20,25-28,57-60H,21-24H2,1-4H3,(H,61,62,63)(H,64,65,66)(H,67,68,69)(H,70,71,72)(H2,45,47,49,51,53)(H2,46,48,50,52,54);;/b12-11+;;. The van der Waals surface area contributed by atoms with E-state index >= 15 is 0 Å². The Morgan fingerprint density at radius 1 is 0.429 bits per heavy atom. The molecule has 4 unspecified atom stereocenters. The molecule has 12 N–H and O–H groups in total. The van der Waals surface area contributed by atoms with Crippen LogP contribution in [0.3, 0.4) is 0 Å². The summed E-state index contributed by atoms with van der Waals surface area (Å²) in [6.45, 7) is 5.54. The van der Waals surface area contributed by atoms with Crippen molar-refractivity contribution in [2.45, 2.75) is 71.7 Å². The summed E-state index contributed by atoms with van der Waals surface area (Å²) in [6.07, 6.45) is -1.57. The summed E-state index contributed by atoms with van der Waals surface area (Å²) in [6, 6.07) is 17.1. The number of aliphatic hydroxyl groups is 4. The van der Waals surface area contributed by atoms with Crippen LogP contribution in [0.2, 0.25) is 0 Å². The van der Waals surface area contributed by atoms with E-state index in [1.54, 1.807) is 0 Å². The maximum atomic E-state index is 12.9. The molecule has 0 fully saturated rings. The van der Waals surface area contributed by atoms with E-state index in [-0.39, 0.29) is 125 Å². The molecule has 410 valence electrons. The zero-order valence-electron chi connectivity index (χ0n) is 40.4. The van der Waals surface area contributed by atoms with Crippen molar-refractivity contribution in [3.63, 3.8) is 0 Å². The number of anilines is 10. The molecule has 6 rings (SSSR count). The van der Waals surface area contributed by atoms with Crippen LogP contribution in [0.15, 0.2) is 105 Å². The van der Waals surface area contributed by atoms with Crippen LogP contribution in [-0.4, -0.2) is 182 Å². The van der Waals surface area contributed by atoms with Gasteiger partial charge in [0, 0.05) is 48.9 Å². The first-order chi connectivity index (χ1) is 35.4. The fourth-order valence-corrected chi connectivity index (χ4v) is 9.57. The molecule has 33 heteroatoms. The molecular formula is C44H53N12NaO16S4. The zero-order valence-corrected chi connectivity index (χ0v) is 43.7. The van der Waals surface area contributed by atoms with Crippen molar-refractivity contribution < 1.29 is 72.3 Å². The Hall–Kier alpha value is -6.08. The van der Waals surface area contributed by atoms with Gasteiger partial charge in [0.1, 0.15) is 9.79 Å². The Labute approximate surface area is 464 Å². The molecule has 2 heterocycles. The molecule has 2 aromatic heterocycles. The van der Waals surface area contributed by atoms with Crippen LogP contribution < -0.4 is 31.1 Å². The average molecular weight is 1160 g/mol. The molecule has 4 atom stereocenters. The molecule has 28 nitrogen and oxygen atoms in total. The molecule has 6 aromatic rings. The van der Waals surface area contributed by atoms with Gasteiger partial charge in [0.05, 0.1) is 34.2 Å². The molecule has 0 amide bonds. The van der Waals surface area contributed by atoms with E-state index < -0.39 is 84.5 Å². The fourth-order valence-electron chi connectivity index (χ4n) is 7.10. The van der Waals surface area contributed by atoms with E-state index in [9.17, 15) is 72.3 Å². The predicted molar refractivity (Wildman–Crippen MR) is 285 cm³/mol. The van der Waals surface area contributed by atoms with Gasteiger partial charge in [-0.25, -0.2) is 0 Å². The molecule has 0 saturated carbocycles. The van der Waals surface area contributed by atoms with Crippen LogP contribution in [0.4, 0.5) is 58.4 Å². The molecule has 0 aliphatic heterocycles. The summed E-state index contributed by atoms with van der Waals surface area (Å²) in [4.78, 5) is 26.5. The minimum atomic E-state index is -5.06. The minimum absolute atomic E-state index is 0. The number of hydrogen-bond donors (Lipinski definition) is 12. The number of rotatable bonds is 24. The van der Waals surface area contributed by atoms with Gasteiger partial charge in [-0.05, 0) is 99.5 Å². The van der Waals surface area contributed by atoms with Gasteiger partial charge in [0.25, 0.3) is 40.5 Å². The number of nitrogens with zero attached hydrogens (tertiary/aromatic N) is 8. The van der Waals surface area contributed by atoms with Crippen LogP contribution in [0.5, 0.6) is 0 Å². The summed E-state index contributed by atoms with van der Waals surface area (Å²) >= 11 is 0. The topological polar surface area (TPSA) is 430 Å². The van der Waals surface area contributed by atoms with E-state index in [0.29, 0.717) is 0 Å². The number of nitrogens with one attached hydrogen (secondary N) is 4. The van der Waals surface area contributed by atoms with Crippen LogP contribution >= 0.6 is 0 Å². The number of aliphatic hydroxyl groups excluding tert-OH is 4. The van der Waals surface area contributed by atoms with Crippen molar-refractivity contribution >= 4 is 141 Å². The van der Waals surface area contributed by atoms with Gasteiger partial charge in [-0.1, -0.05) is 36.4 Å². The fraction of sp³-hybridized carbons (Fsp3) is 0.273. The van der Waals surface area contributed by atoms with Gasteiger partial charge in [-0.15, -0.1) is 0 Å². The second-order valence-corrected chi connectivity index (χ2v) is 22.7. The van der Waals surface area contributed by atoms with E-state index in [1.165, 1.54) is 86.0 Å². The molecule has 0 saturated heterocycles. The van der Waals surface area contributed by atoms with E-state index in [2.05, 4.69) is 51.2 Å². The maximum absolute atomic E-state index is 12.9. The Bertz CT molecular complexity index is 3330. The Morgan fingerprint density at radius 3 is 0.974 bits per heavy atom. The first kappa shape index (κ1) is 61.8. The van der Waals surface area contributed by atoms with Gasteiger partial charge in [0.15, 0.2) is 0 Å². The van der Waals surface area contributed by atoms with Crippen LogP contribution in [0.25, 0.3) is 12.2 Å². The molecule has 0 aliphatic rings. The zero-order chi connectivity index (χ0) is 55.9. The SMILES string of the molecule is CC(O)CN(CC(C)O)c1nc(Nc2cccc(S(=O)(=O)O)c2)nc(Nc2ccc(/C=C/c3ccc(Nc4nc(Nc5cccc(S(=O)(=O)O)c5)nc(N(CC(C)O)CC(C)O)n4)cc3S(=O)(=O)O)c(S(=O)(=O)O)c2)n1.[NaH]. The monoisotopic (exact) mass is 1160 g/mol. The van der Waals surface area contributed by atoms with Crippen molar-refractivity contribution in [1.29, 1.82) is 0 Å². The molecule has 0 spiro atoms. The molecular weight excluding hydrogens is 1100 g/mol. The summed E-state index contributed by atoms with van der Waals surface area (Å²) < 4.78 is 139. The van der Waals surface area contributed by atoms with Crippen LogP contribution in [0.1, 0.15) is 38.8 Å². The Morgan fingerprint density at radius 2 is 0.714 bits per heavy atom. The average Bonchev–Trinajstić information content (AvgIpc) is 3.29. The second-order valence-electron chi connectivity index (χ2n) is 17.1. The van der Waals surface area contributed by atoms with Gasteiger partial charge < -0.3 is 51.5 Å². The predicted octanol–water partition coefficient (Wildman–Crippen LogP) is 2.68. The summed E-state index contributed by atoms with van der Waals surface area (Å²) in [7, 11) is -19.4. The summed E-state index contributed by atoms with van der Waals surface area (Å²) in [5.74, 6) is -1.21. The summed E-state index contributed by atoms with van der Waals surface area (Å²) in [5.41, 5.74) is -0.265. The van der Waals surface area contributed by atoms with Crippen molar-refractivity contribution in [1.82, 2.24) is 29.9 Å². The van der Waals surface area contributed by atoms with Gasteiger partial charge >= 0.3 is 29.6 Å². The van der Waals surface area contributed by atoms with Crippen molar-refractivity contribution in [3.8, 4) is 0 Å². The van der Waals surface area contributed by atoms with Gasteiger partial charge in [0.2, 0.25) is 35.7 Å². The number of aromatic nitrogens is 6. The Kier molecular flexibility index (Phi) is 20.5. The van der Waals surface area contributed by atoms with E-state index in [1.807, 2.05) is 0 Å². The van der Waals surface area contributed by atoms with E-state index in [0.717, 1.165) is 48.6 Å². The van der Waals surface area contributed by atoms with Gasteiger partial charge in [-0.3, -0.25) is 18.2 Å². The second kappa shape index (κ2) is 25.6. The molecule has 4 aromatic carbocycles. The number of benzene rings is 4. The van der Waals surface area contributed by atoms with Crippen molar-refractivity contribution in [2.75, 3.05) is 57.2 Å². The van der Waals surface area contributed by atoms with Crippen molar-refractivity contribution in [2.24, 2.45) is 0 Å². The third-order valence-corrected chi connectivity index (χ3v) is 13.6. The normalized spacial score (nSPS) is 13.7. The third-order valence-electron chi connectivity index (χ3n) is 10.1. The summed E-state index contributed by atoms with van der Waals surface area (Å²) in [5, 5.41) is 52.2. The number of hydrogen-bond acceptors (Lipinski definition) is 24. The van der Waals surface area contributed by atoms with E-state index in [4.69, 9.17) is 0 Å². The Balaban J connectivity index is 0.0000109. The van der Waals surface area contributed by atoms with Crippen molar-refractivity contribution in [3.05, 3.63) is 96.1 Å². The molecule has 0 radical (unpaired) electrons. The first-order valence-corrected chi connectivity index (χ1v) is 28.0. The first-order valence-electron chi connectivity index (χ1n) is 22.3. The van der Waals surface area contributed by atoms with Crippen LogP contribution in [-0.2, 0) is 40.5 Å². The quantitative estimate of drug-likeness (QED) is 0.0235.